The number of aryl methyl sites for hydroxylation is 1. The Morgan fingerprint density at radius 1 is 1.27 bits per heavy atom. The maximum absolute atomic E-state index is 12.3. The SMILES string of the molecule is COC(=O)[C@H]1[C@@H]2C[C@@H]3CC[C@H]1N3C/C2=C\c1ccc(C)cc1. The Labute approximate surface area is 132 Å². The average molecular weight is 297 g/mol. The van der Waals surface area contributed by atoms with Crippen LogP contribution in [0.25, 0.3) is 6.08 Å². The zero-order chi connectivity index (χ0) is 15.3. The molecule has 4 fully saturated rings. The first kappa shape index (κ1) is 14.0. The number of benzene rings is 1. The molecule has 0 radical (unpaired) electrons. The Balaban J connectivity index is 1.68. The minimum atomic E-state index is -0.0187. The molecule has 3 nitrogen and oxygen atoms in total. The van der Waals surface area contributed by atoms with Crippen LogP contribution in [0.4, 0.5) is 0 Å². The third kappa shape index (κ3) is 2.11. The van der Waals surface area contributed by atoms with Crippen LogP contribution in [0.5, 0.6) is 0 Å². The average Bonchev–Trinajstić information content (AvgIpc) is 2.84. The predicted molar refractivity (Wildman–Crippen MR) is 86.3 cm³/mol. The predicted octanol–water partition coefficient (Wildman–Crippen LogP) is 3.03. The number of piperidine rings is 3. The maximum Gasteiger partial charge on any atom is 0.310 e. The molecule has 22 heavy (non-hydrogen) atoms. The van der Waals surface area contributed by atoms with Gasteiger partial charge >= 0.3 is 5.97 Å². The summed E-state index contributed by atoms with van der Waals surface area (Å²) in [6.07, 6.45) is 5.81. The van der Waals surface area contributed by atoms with E-state index in [1.54, 1.807) is 0 Å². The molecule has 4 saturated heterocycles. The van der Waals surface area contributed by atoms with E-state index in [1.165, 1.54) is 30.2 Å². The molecule has 3 heteroatoms. The van der Waals surface area contributed by atoms with Gasteiger partial charge in [-0.25, -0.2) is 0 Å². The Hall–Kier alpha value is -1.61. The van der Waals surface area contributed by atoms with Crippen LogP contribution in [-0.2, 0) is 9.53 Å². The molecule has 5 atom stereocenters. The van der Waals surface area contributed by atoms with Gasteiger partial charge in [-0.1, -0.05) is 41.5 Å². The number of fused-ring (bicyclic) bond motifs is 1. The van der Waals surface area contributed by atoms with Crippen molar-refractivity contribution in [3.8, 4) is 0 Å². The van der Waals surface area contributed by atoms with Gasteiger partial charge in [-0.2, -0.15) is 0 Å². The largest absolute Gasteiger partial charge is 0.469 e. The van der Waals surface area contributed by atoms with Gasteiger partial charge in [0, 0.05) is 18.6 Å². The summed E-state index contributed by atoms with van der Waals surface area (Å²) in [4.78, 5) is 14.9. The third-order valence-corrected chi connectivity index (χ3v) is 5.81. The van der Waals surface area contributed by atoms with Gasteiger partial charge in [-0.05, 0) is 37.7 Å². The summed E-state index contributed by atoms with van der Waals surface area (Å²) in [5.74, 6) is 0.389. The molecule has 0 saturated carbocycles. The molecule has 1 unspecified atom stereocenters. The minimum absolute atomic E-state index is 0.0187. The lowest BCUT2D eigenvalue weighted by atomic mass is 9.71. The van der Waals surface area contributed by atoms with Crippen molar-refractivity contribution in [2.24, 2.45) is 11.8 Å². The first-order chi connectivity index (χ1) is 10.7. The molecule has 0 spiro atoms. The van der Waals surface area contributed by atoms with Crippen molar-refractivity contribution in [3.05, 3.63) is 41.0 Å². The molecule has 5 rings (SSSR count). The zero-order valence-electron chi connectivity index (χ0n) is 13.3. The zero-order valence-corrected chi connectivity index (χ0v) is 13.3. The molecule has 0 N–H and O–H groups in total. The Morgan fingerprint density at radius 3 is 2.77 bits per heavy atom. The molecule has 0 amide bonds. The number of ether oxygens (including phenoxy) is 1. The van der Waals surface area contributed by atoms with Crippen LogP contribution in [0.1, 0.15) is 30.4 Å². The Morgan fingerprint density at radius 2 is 2.05 bits per heavy atom. The van der Waals surface area contributed by atoms with E-state index in [0.29, 0.717) is 18.0 Å². The van der Waals surface area contributed by atoms with Crippen molar-refractivity contribution < 1.29 is 9.53 Å². The van der Waals surface area contributed by atoms with Crippen LogP contribution < -0.4 is 0 Å². The molecule has 116 valence electrons. The number of carbonyl (C=O) groups is 1. The molecule has 4 aliphatic heterocycles. The summed E-state index contributed by atoms with van der Waals surface area (Å²) in [7, 11) is 1.52. The molecule has 1 aromatic rings. The van der Waals surface area contributed by atoms with E-state index in [9.17, 15) is 4.79 Å². The molecular formula is C19H23NO2. The highest BCUT2D eigenvalue weighted by molar-refractivity contribution is 5.75. The molecule has 1 aromatic carbocycles. The van der Waals surface area contributed by atoms with Crippen LogP contribution in [0.15, 0.2) is 29.8 Å². The second-order valence-corrected chi connectivity index (χ2v) is 6.99. The lowest BCUT2D eigenvalue weighted by Crippen LogP contribution is -2.58. The third-order valence-electron chi connectivity index (χ3n) is 5.81. The Kier molecular flexibility index (Phi) is 3.33. The summed E-state index contributed by atoms with van der Waals surface area (Å²) in [6.45, 7) is 3.14. The number of hydrogen-bond donors (Lipinski definition) is 0. The monoisotopic (exact) mass is 297 g/mol. The lowest BCUT2D eigenvalue weighted by Gasteiger charge is -2.50. The normalized spacial score (nSPS) is 37.5. The van der Waals surface area contributed by atoms with E-state index >= 15 is 0 Å². The maximum atomic E-state index is 12.3. The van der Waals surface area contributed by atoms with E-state index in [4.69, 9.17) is 4.74 Å². The second-order valence-electron chi connectivity index (χ2n) is 6.99. The summed E-state index contributed by atoms with van der Waals surface area (Å²) >= 11 is 0. The number of methoxy groups -OCH3 is 1. The van der Waals surface area contributed by atoms with Gasteiger partial charge < -0.3 is 4.74 Å². The molecule has 4 bridgehead atoms. The van der Waals surface area contributed by atoms with Crippen LogP contribution >= 0.6 is 0 Å². The summed E-state index contributed by atoms with van der Waals surface area (Å²) < 4.78 is 5.11. The first-order valence-electron chi connectivity index (χ1n) is 8.28. The summed E-state index contributed by atoms with van der Waals surface area (Å²) in [6, 6.07) is 9.73. The van der Waals surface area contributed by atoms with Crippen molar-refractivity contribution >= 4 is 12.0 Å². The van der Waals surface area contributed by atoms with Crippen LogP contribution in [0.3, 0.4) is 0 Å². The van der Waals surface area contributed by atoms with E-state index in [0.717, 1.165) is 19.4 Å². The molecule has 0 aromatic heterocycles. The lowest BCUT2D eigenvalue weighted by molar-refractivity contribution is -0.153. The van der Waals surface area contributed by atoms with Crippen molar-refractivity contribution in [1.29, 1.82) is 0 Å². The highest BCUT2D eigenvalue weighted by atomic mass is 16.5. The van der Waals surface area contributed by atoms with Gasteiger partial charge in [0.05, 0.1) is 13.0 Å². The fourth-order valence-corrected chi connectivity index (χ4v) is 4.76. The summed E-state index contributed by atoms with van der Waals surface area (Å²) in [5.41, 5.74) is 3.93. The van der Waals surface area contributed by atoms with E-state index < -0.39 is 0 Å². The smallest absolute Gasteiger partial charge is 0.310 e. The van der Waals surface area contributed by atoms with Gasteiger partial charge in [0.2, 0.25) is 0 Å². The fraction of sp³-hybridized carbons (Fsp3) is 0.526. The number of rotatable bonds is 2. The molecule has 4 aliphatic rings. The van der Waals surface area contributed by atoms with E-state index in [1.807, 2.05) is 0 Å². The quantitative estimate of drug-likeness (QED) is 0.786. The second kappa shape index (κ2) is 5.24. The molecule has 0 aliphatic carbocycles. The van der Waals surface area contributed by atoms with Gasteiger partial charge in [-0.15, -0.1) is 0 Å². The highest BCUT2D eigenvalue weighted by Crippen LogP contribution is 2.50. The first-order valence-corrected chi connectivity index (χ1v) is 8.28. The number of esters is 1. The fourth-order valence-electron chi connectivity index (χ4n) is 4.76. The molecule has 4 heterocycles. The number of hydrogen-bond acceptors (Lipinski definition) is 3. The van der Waals surface area contributed by atoms with Crippen molar-refractivity contribution in [2.45, 2.75) is 38.3 Å². The van der Waals surface area contributed by atoms with Crippen LogP contribution in [-0.4, -0.2) is 36.6 Å². The van der Waals surface area contributed by atoms with Gasteiger partial charge in [-0.3, -0.25) is 9.69 Å². The number of carbonyl (C=O) groups excluding carboxylic acids is 1. The highest BCUT2D eigenvalue weighted by Gasteiger charge is 2.55. The minimum Gasteiger partial charge on any atom is -0.469 e. The van der Waals surface area contributed by atoms with Crippen molar-refractivity contribution in [1.82, 2.24) is 4.90 Å². The standard InChI is InChI=1S/C19H23NO2/c1-12-3-5-13(6-4-12)9-14-11-20-15-7-8-17(20)18(16(14)10-15)19(21)22-2/h3-6,9,15-18H,7-8,10-11H2,1-2H3/b14-9+/t15-,16+,17+,18-/m0/s1. The van der Waals surface area contributed by atoms with Gasteiger partial charge in [0.1, 0.15) is 0 Å². The van der Waals surface area contributed by atoms with Crippen molar-refractivity contribution in [2.75, 3.05) is 13.7 Å². The topological polar surface area (TPSA) is 29.5 Å². The van der Waals surface area contributed by atoms with Crippen molar-refractivity contribution in [3.63, 3.8) is 0 Å². The Bertz CT molecular complexity index is 619. The van der Waals surface area contributed by atoms with E-state index in [-0.39, 0.29) is 11.9 Å². The van der Waals surface area contributed by atoms with Crippen LogP contribution in [0, 0.1) is 18.8 Å². The van der Waals surface area contributed by atoms with E-state index in [2.05, 4.69) is 42.2 Å². The molecular weight excluding hydrogens is 274 g/mol. The van der Waals surface area contributed by atoms with Gasteiger partial charge in [0.25, 0.3) is 0 Å². The summed E-state index contributed by atoms with van der Waals surface area (Å²) in [5, 5.41) is 0. The van der Waals surface area contributed by atoms with Crippen LogP contribution in [0.2, 0.25) is 0 Å². The van der Waals surface area contributed by atoms with Gasteiger partial charge in [0.15, 0.2) is 0 Å². The number of nitrogens with zero attached hydrogens (tertiary/aromatic N) is 1.